The van der Waals surface area contributed by atoms with Gasteiger partial charge in [-0.2, -0.15) is 5.26 Å². The van der Waals surface area contributed by atoms with Gasteiger partial charge in [-0.3, -0.25) is 0 Å². The molecule has 1 aromatic heterocycles. The fraction of sp³-hybridized carbons (Fsp3) is 0.0769. The molecule has 6 heteroatoms. The van der Waals surface area contributed by atoms with Crippen molar-refractivity contribution in [3.8, 4) is 17.2 Å². The number of nitrogens with zero attached hydrogens (tertiary/aromatic N) is 2. The van der Waals surface area contributed by atoms with Crippen LogP contribution in [0.2, 0.25) is 20.2 Å². The van der Waals surface area contributed by atoms with Crippen LogP contribution in [0.4, 0.5) is 0 Å². The molecule has 0 atom stereocenters. The van der Waals surface area contributed by atoms with Gasteiger partial charge in [-0.15, -0.1) is 0 Å². The van der Waals surface area contributed by atoms with Crippen molar-refractivity contribution in [2.24, 2.45) is 0 Å². The molecule has 2 aromatic rings. The second-order valence-electron chi connectivity index (χ2n) is 3.76. The van der Waals surface area contributed by atoms with E-state index < -0.39 is 0 Å². The second-order valence-corrected chi connectivity index (χ2v) is 5.34. The predicted molar refractivity (Wildman–Crippen MR) is 79.0 cm³/mol. The zero-order chi connectivity index (χ0) is 14.0. The van der Waals surface area contributed by atoms with E-state index >= 15 is 0 Å². The van der Waals surface area contributed by atoms with Crippen molar-refractivity contribution in [2.75, 3.05) is 0 Å². The Bertz CT molecular complexity index is 677. The average molecular weight is 332 g/mol. The summed E-state index contributed by atoms with van der Waals surface area (Å²) >= 11 is 24.1. The maximum atomic E-state index is 8.71. The van der Waals surface area contributed by atoms with Gasteiger partial charge in [0.2, 0.25) is 0 Å². The first-order valence-corrected chi connectivity index (χ1v) is 6.70. The summed E-state index contributed by atoms with van der Waals surface area (Å²) in [6, 6.07) is 7.00. The molecule has 0 unspecified atom stereocenters. The summed E-state index contributed by atoms with van der Waals surface area (Å²) in [6.07, 6.45) is 1.80. The maximum Gasteiger partial charge on any atom is 0.136 e. The van der Waals surface area contributed by atoms with Gasteiger partial charge in [-0.05, 0) is 23.8 Å². The van der Waals surface area contributed by atoms with Crippen LogP contribution in [0, 0.1) is 11.3 Å². The van der Waals surface area contributed by atoms with Gasteiger partial charge in [-0.25, -0.2) is 4.98 Å². The van der Waals surface area contributed by atoms with Crippen LogP contribution in [0.15, 0.2) is 24.4 Å². The van der Waals surface area contributed by atoms with Gasteiger partial charge in [0.05, 0.1) is 27.6 Å². The molecule has 0 aliphatic heterocycles. The van der Waals surface area contributed by atoms with Crippen molar-refractivity contribution in [1.29, 1.82) is 5.26 Å². The van der Waals surface area contributed by atoms with Gasteiger partial charge in [0.15, 0.2) is 0 Å². The molecule has 0 N–H and O–H groups in total. The van der Waals surface area contributed by atoms with E-state index in [0.29, 0.717) is 31.3 Å². The van der Waals surface area contributed by atoms with E-state index in [1.165, 1.54) is 0 Å². The minimum atomic E-state index is 0.246. The minimum absolute atomic E-state index is 0.246. The highest BCUT2D eigenvalue weighted by Gasteiger charge is 2.12. The van der Waals surface area contributed by atoms with Gasteiger partial charge >= 0.3 is 0 Å². The van der Waals surface area contributed by atoms with Crippen LogP contribution in [-0.4, -0.2) is 4.98 Å². The topological polar surface area (TPSA) is 36.7 Å². The number of rotatable bonds is 2. The molecule has 0 saturated carbocycles. The quantitative estimate of drug-likeness (QED) is 0.543. The van der Waals surface area contributed by atoms with Crippen molar-refractivity contribution in [2.45, 2.75) is 6.42 Å². The summed E-state index contributed by atoms with van der Waals surface area (Å²) in [5.74, 6) is 0. The zero-order valence-corrected chi connectivity index (χ0v) is 12.4. The van der Waals surface area contributed by atoms with E-state index in [-0.39, 0.29) is 6.42 Å². The van der Waals surface area contributed by atoms with Gasteiger partial charge in [0.25, 0.3) is 0 Å². The lowest BCUT2D eigenvalue weighted by atomic mass is 10.0. The van der Waals surface area contributed by atoms with Crippen LogP contribution in [0.5, 0.6) is 0 Å². The van der Waals surface area contributed by atoms with Crippen LogP contribution >= 0.6 is 46.4 Å². The van der Waals surface area contributed by atoms with E-state index in [0.717, 1.165) is 5.56 Å². The lowest BCUT2D eigenvalue weighted by Crippen LogP contribution is -1.90. The van der Waals surface area contributed by atoms with Crippen molar-refractivity contribution in [1.82, 2.24) is 4.98 Å². The fourth-order valence-corrected chi connectivity index (χ4v) is 2.45. The largest absolute Gasteiger partial charge is 0.244 e. The first-order valence-electron chi connectivity index (χ1n) is 5.19. The molecular weight excluding hydrogens is 326 g/mol. The number of halogens is 4. The number of hydrogen-bond acceptors (Lipinski definition) is 2. The summed E-state index contributed by atoms with van der Waals surface area (Å²) < 4.78 is 0. The Morgan fingerprint density at radius 2 is 1.63 bits per heavy atom. The lowest BCUT2D eigenvalue weighted by molar-refractivity contribution is 1.19. The lowest BCUT2D eigenvalue weighted by Gasteiger charge is -2.09. The Morgan fingerprint density at radius 3 is 2.32 bits per heavy atom. The molecule has 0 spiro atoms. The van der Waals surface area contributed by atoms with Crippen molar-refractivity contribution < 1.29 is 0 Å². The summed E-state index contributed by atoms with van der Waals surface area (Å²) in [7, 11) is 0. The molecule has 0 radical (unpaired) electrons. The van der Waals surface area contributed by atoms with Gasteiger partial charge in [0, 0.05) is 17.3 Å². The predicted octanol–water partition coefficient (Wildman–Crippen LogP) is 5.43. The number of benzene rings is 1. The average Bonchev–Trinajstić information content (AvgIpc) is 2.37. The monoisotopic (exact) mass is 330 g/mol. The SMILES string of the molecule is N#CCc1cnc(Cl)c(-c2cc(Cl)c(Cl)cc2Cl)c1. The maximum absolute atomic E-state index is 8.71. The van der Waals surface area contributed by atoms with Crippen molar-refractivity contribution >= 4 is 46.4 Å². The van der Waals surface area contributed by atoms with E-state index in [2.05, 4.69) is 11.1 Å². The van der Waals surface area contributed by atoms with Crippen molar-refractivity contribution in [3.05, 3.63) is 50.2 Å². The highest BCUT2D eigenvalue weighted by Crippen LogP contribution is 2.37. The molecule has 19 heavy (non-hydrogen) atoms. The first-order chi connectivity index (χ1) is 9.02. The minimum Gasteiger partial charge on any atom is -0.244 e. The van der Waals surface area contributed by atoms with Crippen LogP contribution in [0.1, 0.15) is 5.56 Å². The third-order valence-electron chi connectivity index (χ3n) is 2.48. The zero-order valence-electron chi connectivity index (χ0n) is 9.42. The molecule has 0 fully saturated rings. The van der Waals surface area contributed by atoms with Crippen molar-refractivity contribution in [3.63, 3.8) is 0 Å². The highest BCUT2D eigenvalue weighted by atomic mass is 35.5. The van der Waals surface area contributed by atoms with E-state index in [1.54, 1.807) is 24.4 Å². The Kier molecular flexibility index (Phi) is 4.54. The molecule has 0 bridgehead atoms. The third kappa shape index (κ3) is 3.13. The Morgan fingerprint density at radius 1 is 0.947 bits per heavy atom. The number of aromatic nitrogens is 1. The number of nitriles is 1. The number of hydrogen-bond donors (Lipinski definition) is 0. The molecule has 0 aliphatic carbocycles. The molecular formula is C13H6Cl4N2. The standard InChI is InChI=1S/C13H6Cl4N2/c14-10-5-12(16)11(15)4-8(10)9-3-7(1-2-18)6-19-13(9)17/h3-6H,1H2. The summed E-state index contributed by atoms with van der Waals surface area (Å²) in [4.78, 5) is 4.05. The molecule has 0 saturated heterocycles. The Hall–Kier alpha value is -0.980. The van der Waals surface area contributed by atoms with Crippen LogP contribution in [0.3, 0.4) is 0 Å². The molecule has 1 heterocycles. The molecule has 2 nitrogen and oxygen atoms in total. The third-order valence-corrected chi connectivity index (χ3v) is 3.82. The molecule has 0 aliphatic rings. The highest BCUT2D eigenvalue weighted by molar-refractivity contribution is 6.44. The van der Waals surface area contributed by atoms with E-state index in [1.807, 2.05) is 0 Å². The van der Waals surface area contributed by atoms with E-state index in [4.69, 9.17) is 51.7 Å². The Labute approximate surface area is 130 Å². The normalized spacial score (nSPS) is 10.3. The second kappa shape index (κ2) is 5.98. The van der Waals surface area contributed by atoms with Gasteiger partial charge in [0.1, 0.15) is 5.15 Å². The Balaban J connectivity index is 2.61. The summed E-state index contributed by atoms with van der Waals surface area (Å²) in [5, 5.41) is 10.2. The molecule has 2 rings (SSSR count). The van der Waals surface area contributed by atoms with Gasteiger partial charge < -0.3 is 0 Å². The van der Waals surface area contributed by atoms with E-state index in [9.17, 15) is 0 Å². The summed E-state index contributed by atoms with van der Waals surface area (Å²) in [6.45, 7) is 0. The van der Waals surface area contributed by atoms with Crippen LogP contribution in [-0.2, 0) is 6.42 Å². The molecule has 96 valence electrons. The molecule has 1 aromatic carbocycles. The molecule has 0 amide bonds. The first kappa shape index (κ1) is 14.4. The van der Waals surface area contributed by atoms with Gasteiger partial charge in [-0.1, -0.05) is 46.4 Å². The smallest absolute Gasteiger partial charge is 0.136 e. The van der Waals surface area contributed by atoms with Crippen LogP contribution in [0.25, 0.3) is 11.1 Å². The van der Waals surface area contributed by atoms with Crippen LogP contribution < -0.4 is 0 Å². The number of pyridine rings is 1. The fourth-order valence-electron chi connectivity index (χ4n) is 1.60. The summed E-state index contributed by atoms with van der Waals surface area (Å²) in [5.41, 5.74) is 2.01.